The maximum Gasteiger partial charge on any atom is 0.170 e. The number of nitrogens with zero attached hydrogens (tertiary/aromatic N) is 1. The number of ether oxygens (including phenoxy) is 4. The van der Waals surface area contributed by atoms with Crippen LogP contribution in [0.3, 0.4) is 0 Å². The van der Waals surface area contributed by atoms with Gasteiger partial charge in [-0.25, -0.2) is 0 Å². The minimum Gasteiger partial charge on any atom is -0.496 e. The van der Waals surface area contributed by atoms with Gasteiger partial charge in [-0.15, -0.1) is 11.3 Å². The highest BCUT2D eigenvalue weighted by molar-refractivity contribution is 7.22. The van der Waals surface area contributed by atoms with Crippen molar-refractivity contribution in [3.8, 4) is 39.2 Å². The molecule has 5 aromatic rings. The second-order valence-corrected chi connectivity index (χ2v) is 11.3. The minimum absolute atomic E-state index is 0.423. The zero-order valence-electron chi connectivity index (χ0n) is 23.4. The molecule has 41 heavy (non-hydrogen) atoms. The summed E-state index contributed by atoms with van der Waals surface area (Å²) in [7, 11) is 1.69. The molecule has 0 bridgehead atoms. The zero-order chi connectivity index (χ0) is 27.9. The van der Waals surface area contributed by atoms with Crippen molar-refractivity contribution in [3.63, 3.8) is 0 Å². The van der Waals surface area contributed by atoms with E-state index in [-0.39, 0.29) is 0 Å². The monoisotopic (exact) mass is 565 g/mol. The van der Waals surface area contributed by atoms with Crippen LogP contribution in [0.15, 0.2) is 97.1 Å². The number of rotatable bonds is 11. The minimum atomic E-state index is 0.423. The quantitative estimate of drug-likeness (QED) is 0.160. The number of hydrogen-bond acceptors (Lipinski definition) is 6. The molecule has 0 aliphatic carbocycles. The van der Waals surface area contributed by atoms with E-state index in [0.717, 1.165) is 34.0 Å². The maximum absolute atomic E-state index is 6.45. The summed E-state index contributed by atoms with van der Waals surface area (Å²) >= 11 is 1.73. The van der Waals surface area contributed by atoms with Crippen LogP contribution in [0.5, 0.6) is 28.7 Å². The van der Waals surface area contributed by atoms with Gasteiger partial charge < -0.3 is 18.9 Å². The molecule has 1 aromatic heterocycles. The van der Waals surface area contributed by atoms with Crippen molar-refractivity contribution in [2.24, 2.45) is 0 Å². The molecule has 6 rings (SSSR count). The van der Waals surface area contributed by atoms with Crippen molar-refractivity contribution in [1.29, 1.82) is 0 Å². The average Bonchev–Trinajstić information content (AvgIpc) is 3.46. The van der Waals surface area contributed by atoms with Crippen molar-refractivity contribution in [2.45, 2.75) is 25.9 Å². The highest BCUT2D eigenvalue weighted by atomic mass is 32.1. The SMILES string of the molecule is COc1cc(OCc2ccccc2)c(Oc2ccc(OCCN3CCCCC3)cc2)cc1-c1cc2ccccc2s1. The molecule has 0 N–H and O–H groups in total. The first-order valence-corrected chi connectivity index (χ1v) is 15.1. The Morgan fingerprint density at radius 3 is 2.24 bits per heavy atom. The first-order valence-electron chi connectivity index (χ1n) is 14.3. The van der Waals surface area contributed by atoms with Gasteiger partial charge in [-0.1, -0.05) is 55.0 Å². The second-order valence-electron chi connectivity index (χ2n) is 10.2. The molecule has 0 saturated carbocycles. The molecule has 1 aliphatic heterocycles. The van der Waals surface area contributed by atoms with Crippen molar-refractivity contribution >= 4 is 21.4 Å². The maximum atomic E-state index is 6.45. The summed E-state index contributed by atoms with van der Waals surface area (Å²) in [6.07, 6.45) is 3.93. The summed E-state index contributed by atoms with van der Waals surface area (Å²) in [5, 5.41) is 1.21. The standard InChI is InChI=1S/C35H35NO4S/c1-37-31-24-32(39-25-26-10-4-2-5-11-26)33(23-30(31)35-22-27-12-6-7-13-34(27)41-35)40-29-16-14-28(15-17-29)38-21-20-36-18-8-3-9-19-36/h2,4-7,10-17,22-24H,3,8-9,18-21,25H2,1H3. The van der Waals surface area contributed by atoms with Crippen LogP contribution in [0.2, 0.25) is 0 Å². The van der Waals surface area contributed by atoms with E-state index < -0.39 is 0 Å². The molecule has 1 aliphatic rings. The van der Waals surface area contributed by atoms with Crippen LogP contribution in [-0.2, 0) is 6.61 Å². The van der Waals surface area contributed by atoms with E-state index in [4.69, 9.17) is 18.9 Å². The molecule has 1 fully saturated rings. The third-order valence-corrected chi connectivity index (χ3v) is 8.52. The summed E-state index contributed by atoms with van der Waals surface area (Å²) in [5.41, 5.74) is 2.05. The van der Waals surface area contributed by atoms with Gasteiger partial charge in [0.2, 0.25) is 0 Å². The Balaban J connectivity index is 1.24. The lowest BCUT2D eigenvalue weighted by atomic mass is 10.1. The van der Waals surface area contributed by atoms with Gasteiger partial charge in [-0.05, 0) is 79.3 Å². The van der Waals surface area contributed by atoms with E-state index >= 15 is 0 Å². The predicted octanol–water partition coefficient (Wildman–Crippen LogP) is 8.81. The van der Waals surface area contributed by atoms with Crippen LogP contribution in [0, 0.1) is 0 Å². The summed E-state index contributed by atoms with van der Waals surface area (Å²) < 4.78 is 25.8. The van der Waals surface area contributed by atoms with Gasteiger partial charge in [-0.3, -0.25) is 4.90 Å². The number of thiophene rings is 1. The molecular formula is C35H35NO4S. The lowest BCUT2D eigenvalue weighted by molar-refractivity contribution is 0.183. The Bertz CT molecular complexity index is 1530. The van der Waals surface area contributed by atoms with E-state index in [0.29, 0.717) is 30.5 Å². The second kappa shape index (κ2) is 13.1. The number of piperidine rings is 1. The molecule has 0 atom stereocenters. The molecule has 2 heterocycles. The van der Waals surface area contributed by atoms with Gasteiger partial charge in [0.15, 0.2) is 11.5 Å². The molecule has 0 unspecified atom stereocenters. The summed E-state index contributed by atoms with van der Waals surface area (Å²) in [6, 6.07) is 32.5. The van der Waals surface area contributed by atoms with Crippen LogP contribution in [0.4, 0.5) is 0 Å². The number of likely N-dealkylation sites (tertiary alicyclic amines) is 1. The Hall–Kier alpha value is -4.00. The van der Waals surface area contributed by atoms with E-state index in [2.05, 4.69) is 35.2 Å². The Labute approximate surface area is 245 Å². The van der Waals surface area contributed by atoms with Crippen molar-refractivity contribution in [2.75, 3.05) is 33.4 Å². The molecule has 4 aromatic carbocycles. The van der Waals surface area contributed by atoms with Crippen LogP contribution in [0.25, 0.3) is 20.5 Å². The van der Waals surface area contributed by atoms with Gasteiger partial charge in [-0.2, -0.15) is 0 Å². The van der Waals surface area contributed by atoms with Crippen LogP contribution in [0.1, 0.15) is 24.8 Å². The lowest BCUT2D eigenvalue weighted by Gasteiger charge is -2.26. The fourth-order valence-electron chi connectivity index (χ4n) is 5.15. The van der Waals surface area contributed by atoms with Crippen molar-refractivity contribution < 1.29 is 18.9 Å². The van der Waals surface area contributed by atoms with Gasteiger partial charge in [0.05, 0.1) is 7.11 Å². The molecule has 0 radical (unpaired) electrons. The number of benzene rings is 4. The fraction of sp³-hybridized carbons (Fsp3) is 0.257. The van der Waals surface area contributed by atoms with Gasteiger partial charge in [0.1, 0.15) is 30.5 Å². The lowest BCUT2D eigenvalue weighted by Crippen LogP contribution is -2.33. The Morgan fingerprint density at radius 1 is 0.707 bits per heavy atom. The highest BCUT2D eigenvalue weighted by Gasteiger charge is 2.18. The van der Waals surface area contributed by atoms with Crippen molar-refractivity contribution in [3.05, 3.63) is 103 Å². The summed E-state index contributed by atoms with van der Waals surface area (Å²) in [5.74, 6) is 3.55. The van der Waals surface area contributed by atoms with E-state index in [1.54, 1.807) is 18.4 Å². The van der Waals surface area contributed by atoms with E-state index in [1.807, 2.05) is 66.7 Å². The Morgan fingerprint density at radius 2 is 1.46 bits per heavy atom. The number of methoxy groups -OCH3 is 1. The van der Waals surface area contributed by atoms with E-state index in [1.165, 1.54) is 42.4 Å². The highest BCUT2D eigenvalue weighted by Crippen LogP contribution is 2.45. The Kier molecular flexibility index (Phi) is 8.69. The third-order valence-electron chi connectivity index (χ3n) is 7.37. The molecular weight excluding hydrogens is 530 g/mol. The summed E-state index contributed by atoms with van der Waals surface area (Å²) in [6.45, 7) is 4.43. The smallest absolute Gasteiger partial charge is 0.170 e. The predicted molar refractivity (Wildman–Crippen MR) is 167 cm³/mol. The van der Waals surface area contributed by atoms with E-state index in [9.17, 15) is 0 Å². The average molecular weight is 566 g/mol. The van der Waals surface area contributed by atoms with Crippen LogP contribution in [-0.4, -0.2) is 38.3 Å². The number of fused-ring (bicyclic) bond motifs is 1. The summed E-state index contributed by atoms with van der Waals surface area (Å²) in [4.78, 5) is 3.59. The molecule has 0 spiro atoms. The largest absolute Gasteiger partial charge is 0.496 e. The molecule has 5 nitrogen and oxygen atoms in total. The zero-order valence-corrected chi connectivity index (χ0v) is 24.2. The topological polar surface area (TPSA) is 40.2 Å². The normalized spacial score (nSPS) is 13.7. The molecule has 6 heteroatoms. The first-order chi connectivity index (χ1) is 20.2. The van der Waals surface area contributed by atoms with Crippen LogP contribution < -0.4 is 18.9 Å². The first kappa shape index (κ1) is 27.2. The van der Waals surface area contributed by atoms with Gasteiger partial charge in [0.25, 0.3) is 0 Å². The molecule has 0 amide bonds. The van der Waals surface area contributed by atoms with Crippen LogP contribution >= 0.6 is 11.3 Å². The van der Waals surface area contributed by atoms with Gasteiger partial charge in [0, 0.05) is 27.8 Å². The molecule has 210 valence electrons. The molecule has 1 saturated heterocycles. The van der Waals surface area contributed by atoms with Gasteiger partial charge >= 0.3 is 0 Å². The fourth-order valence-corrected chi connectivity index (χ4v) is 6.24. The number of hydrogen-bond donors (Lipinski definition) is 0. The van der Waals surface area contributed by atoms with Crippen molar-refractivity contribution in [1.82, 2.24) is 4.90 Å². The third kappa shape index (κ3) is 6.84.